The number of nitrogens with zero attached hydrogens (tertiary/aromatic N) is 1. The number of amides is 1. The first kappa shape index (κ1) is 15.9. The molecule has 7 heteroatoms. The van der Waals surface area contributed by atoms with Crippen molar-refractivity contribution in [2.24, 2.45) is 0 Å². The molecule has 1 aliphatic rings. The molecule has 0 aromatic heterocycles. The van der Waals surface area contributed by atoms with Crippen molar-refractivity contribution >= 4 is 15.9 Å². The van der Waals surface area contributed by atoms with Crippen LogP contribution >= 0.6 is 0 Å². The van der Waals surface area contributed by atoms with Crippen molar-refractivity contribution in [3.63, 3.8) is 0 Å². The van der Waals surface area contributed by atoms with Crippen LogP contribution in [0.4, 0.5) is 0 Å². The van der Waals surface area contributed by atoms with Crippen molar-refractivity contribution < 1.29 is 17.9 Å². The van der Waals surface area contributed by atoms with Gasteiger partial charge in [0.1, 0.15) is 0 Å². The van der Waals surface area contributed by atoms with Crippen molar-refractivity contribution in [1.82, 2.24) is 9.62 Å². The predicted octanol–water partition coefficient (Wildman–Crippen LogP) is 0.273. The molecule has 1 amide bonds. The summed E-state index contributed by atoms with van der Waals surface area (Å²) in [7, 11) is -3.51. The number of hydrogen-bond donors (Lipinski definition) is 1. The average Bonchev–Trinajstić information content (AvgIpc) is 2.45. The molecule has 0 atom stereocenters. The summed E-state index contributed by atoms with van der Waals surface area (Å²) in [5.74, 6) is -0.337. The van der Waals surface area contributed by atoms with Crippen molar-refractivity contribution in [2.45, 2.75) is 12.7 Å². The molecule has 0 radical (unpaired) electrons. The minimum Gasteiger partial charge on any atom is -0.378 e. The number of sulfonamides is 1. The molecular weight excluding hydrogens is 292 g/mol. The number of morpholine rings is 1. The summed E-state index contributed by atoms with van der Waals surface area (Å²) in [6.45, 7) is 3.74. The van der Waals surface area contributed by atoms with Crippen molar-refractivity contribution in [1.29, 1.82) is 0 Å². The van der Waals surface area contributed by atoms with Gasteiger partial charge in [-0.1, -0.05) is 29.8 Å². The minimum atomic E-state index is -3.51. The van der Waals surface area contributed by atoms with E-state index in [1.807, 2.05) is 25.1 Å². The Labute approximate surface area is 125 Å². The Hall–Kier alpha value is -1.44. The highest BCUT2D eigenvalue weighted by Crippen LogP contribution is 2.07. The zero-order valence-corrected chi connectivity index (χ0v) is 12.9. The van der Waals surface area contributed by atoms with E-state index in [1.165, 1.54) is 0 Å². The lowest BCUT2D eigenvalue weighted by atomic mass is 10.2. The molecule has 1 aliphatic heterocycles. The molecule has 1 aromatic rings. The number of carbonyl (C=O) groups excluding carboxylic acids is 1. The Morgan fingerprint density at radius 3 is 2.71 bits per heavy atom. The van der Waals surface area contributed by atoms with E-state index in [1.54, 1.807) is 11.0 Å². The molecule has 1 heterocycles. The lowest BCUT2D eigenvalue weighted by molar-refractivity contribution is -0.133. The number of carbonyl (C=O) groups is 1. The number of ether oxygens (including phenoxy) is 1. The summed E-state index contributed by atoms with van der Waals surface area (Å²) in [6.07, 6.45) is 0. The molecule has 1 fully saturated rings. The Balaban J connectivity index is 1.87. The quantitative estimate of drug-likeness (QED) is 0.847. The fourth-order valence-electron chi connectivity index (χ4n) is 2.17. The molecule has 6 nitrogen and oxygen atoms in total. The van der Waals surface area contributed by atoms with Crippen LogP contribution in [-0.2, 0) is 25.3 Å². The van der Waals surface area contributed by atoms with Gasteiger partial charge in [-0.05, 0) is 12.5 Å². The van der Waals surface area contributed by atoms with Crippen molar-refractivity contribution in [2.75, 3.05) is 32.8 Å². The van der Waals surface area contributed by atoms with Gasteiger partial charge in [0.15, 0.2) is 0 Å². The van der Waals surface area contributed by atoms with Crippen LogP contribution < -0.4 is 4.72 Å². The Morgan fingerprint density at radius 1 is 1.33 bits per heavy atom. The summed E-state index contributed by atoms with van der Waals surface area (Å²) in [4.78, 5) is 13.5. The first-order valence-electron chi connectivity index (χ1n) is 6.85. The molecule has 21 heavy (non-hydrogen) atoms. The summed E-state index contributed by atoms with van der Waals surface area (Å²) < 4.78 is 31.5. The Bertz CT molecular complexity index is 595. The van der Waals surface area contributed by atoms with E-state index < -0.39 is 10.0 Å². The van der Waals surface area contributed by atoms with E-state index >= 15 is 0 Å². The summed E-state index contributed by atoms with van der Waals surface area (Å²) in [5.41, 5.74) is 1.72. The minimum absolute atomic E-state index is 0.120. The Morgan fingerprint density at radius 2 is 2.05 bits per heavy atom. The lowest BCUT2D eigenvalue weighted by Gasteiger charge is -2.26. The van der Waals surface area contributed by atoms with Gasteiger partial charge in [0.05, 0.1) is 25.5 Å². The number of nitrogens with one attached hydrogen (secondary N) is 1. The van der Waals surface area contributed by atoms with Crippen LogP contribution in [0.1, 0.15) is 11.1 Å². The van der Waals surface area contributed by atoms with E-state index in [2.05, 4.69) is 4.72 Å². The van der Waals surface area contributed by atoms with Crippen molar-refractivity contribution in [3.8, 4) is 0 Å². The van der Waals surface area contributed by atoms with E-state index in [0.29, 0.717) is 31.9 Å². The molecule has 0 aliphatic carbocycles. The number of hydrogen-bond acceptors (Lipinski definition) is 4. The van der Waals surface area contributed by atoms with Crippen LogP contribution in [0.3, 0.4) is 0 Å². The zero-order chi connectivity index (χ0) is 15.3. The molecular formula is C14H20N2O4S. The van der Waals surface area contributed by atoms with Gasteiger partial charge >= 0.3 is 0 Å². The van der Waals surface area contributed by atoms with E-state index in [-0.39, 0.29) is 18.2 Å². The molecule has 1 aromatic carbocycles. The SMILES string of the molecule is Cc1cccc(CS(=O)(=O)NCC(=O)N2CCOCC2)c1. The van der Waals surface area contributed by atoms with Gasteiger partial charge in [-0.3, -0.25) is 4.79 Å². The van der Waals surface area contributed by atoms with E-state index in [4.69, 9.17) is 4.74 Å². The topological polar surface area (TPSA) is 75.7 Å². The maximum Gasteiger partial charge on any atom is 0.237 e. The van der Waals surface area contributed by atoms with Crippen LogP contribution in [0.25, 0.3) is 0 Å². The third-order valence-electron chi connectivity index (χ3n) is 3.25. The summed E-state index contributed by atoms with van der Waals surface area (Å²) >= 11 is 0. The van der Waals surface area contributed by atoms with Gasteiger partial charge in [0.25, 0.3) is 0 Å². The molecule has 0 bridgehead atoms. The third kappa shape index (κ3) is 5.11. The fourth-order valence-corrected chi connectivity index (χ4v) is 3.23. The van der Waals surface area contributed by atoms with Gasteiger partial charge in [-0.15, -0.1) is 0 Å². The molecule has 0 spiro atoms. The fraction of sp³-hybridized carbons (Fsp3) is 0.500. The summed E-state index contributed by atoms with van der Waals surface area (Å²) in [5, 5.41) is 0. The second kappa shape index (κ2) is 7.02. The third-order valence-corrected chi connectivity index (χ3v) is 4.54. The van der Waals surface area contributed by atoms with Gasteiger partial charge < -0.3 is 9.64 Å². The molecule has 0 unspecified atom stereocenters. The lowest BCUT2D eigenvalue weighted by Crippen LogP contribution is -2.45. The van der Waals surface area contributed by atoms with Crippen LogP contribution in [0.2, 0.25) is 0 Å². The number of rotatable bonds is 5. The molecule has 2 rings (SSSR count). The van der Waals surface area contributed by atoms with Gasteiger partial charge in [0, 0.05) is 13.1 Å². The largest absolute Gasteiger partial charge is 0.378 e. The number of aryl methyl sites for hydroxylation is 1. The van der Waals surface area contributed by atoms with Gasteiger partial charge in [-0.25, -0.2) is 13.1 Å². The standard InChI is InChI=1S/C14H20N2O4S/c1-12-3-2-4-13(9-12)11-21(18,19)15-10-14(17)16-5-7-20-8-6-16/h2-4,9,15H,5-8,10-11H2,1H3. The smallest absolute Gasteiger partial charge is 0.237 e. The van der Waals surface area contributed by atoms with Gasteiger partial charge in [-0.2, -0.15) is 0 Å². The highest BCUT2D eigenvalue weighted by molar-refractivity contribution is 7.88. The van der Waals surface area contributed by atoms with E-state index in [0.717, 1.165) is 5.56 Å². The first-order valence-corrected chi connectivity index (χ1v) is 8.50. The zero-order valence-electron chi connectivity index (χ0n) is 12.0. The average molecular weight is 312 g/mol. The van der Waals surface area contributed by atoms with Crippen LogP contribution in [0.5, 0.6) is 0 Å². The predicted molar refractivity (Wildman–Crippen MR) is 79.2 cm³/mol. The van der Waals surface area contributed by atoms with Crippen LogP contribution in [0, 0.1) is 6.92 Å². The molecule has 0 saturated carbocycles. The normalized spacial score (nSPS) is 16.0. The Kier molecular flexibility index (Phi) is 5.33. The maximum atomic E-state index is 12.0. The highest BCUT2D eigenvalue weighted by Gasteiger charge is 2.19. The van der Waals surface area contributed by atoms with Crippen LogP contribution in [-0.4, -0.2) is 52.1 Å². The molecule has 1 N–H and O–H groups in total. The first-order chi connectivity index (χ1) is 9.96. The molecule has 116 valence electrons. The second-order valence-corrected chi connectivity index (χ2v) is 6.87. The highest BCUT2D eigenvalue weighted by atomic mass is 32.2. The summed E-state index contributed by atoms with van der Waals surface area (Å²) in [6, 6.07) is 7.31. The maximum absolute atomic E-state index is 12.0. The van der Waals surface area contributed by atoms with Crippen molar-refractivity contribution in [3.05, 3.63) is 35.4 Å². The monoisotopic (exact) mass is 312 g/mol. The van der Waals surface area contributed by atoms with Crippen LogP contribution in [0.15, 0.2) is 24.3 Å². The molecule has 1 saturated heterocycles. The van der Waals surface area contributed by atoms with E-state index in [9.17, 15) is 13.2 Å². The number of benzene rings is 1. The van der Waals surface area contributed by atoms with Gasteiger partial charge in [0.2, 0.25) is 15.9 Å². The second-order valence-electron chi connectivity index (χ2n) is 5.06.